The highest BCUT2D eigenvalue weighted by molar-refractivity contribution is 6.34. The van der Waals surface area contributed by atoms with Crippen LogP contribution in [0.1, 0.15) is 27.7 Å². The van der Waals surface area contributed by atoms with E-state index in [1.54, 1.807) is 0 Å². The molecule has 1 heterocycles. The van der Waals surface area contributed by atoms with E-state index in [9.17, 15) is 0 Å². The van der Waals surface area contributed by atoms with Crippen LogP contribution in [-0.2, 0) is 0 Å². The number of rotatable bonds is 5. The van der Waals surface area contributed by atoms with E-state index >= 15 is 0 Å². The van der Waals surface area contributed by atoms with E-state index < -0.39 is 0 Å². The Morgan fingerprint density at radius 1 is 1.00 bits per heavy atom. The largest absolute Gasteiger partial charge is 0.368 e. The molecular weight excluding hydrogens is 270 g/mol. The lowest BCUT2D eigenvalue weighted by atomic mass is 9.85. The molecule has 2 aromatic rings. The van der Waals surface area contributed by atoms with E-state index in [0.29, 0.717) is 22.9 Å². The van der Waals surface area contributed by atoms with Crippen molar-refractivity contribution in [2.24, 2.45) is 17.8 Å². The molecule has 0 aliphatic heterocycles. The average molecular weight is 292 g/mol. The minimum atomic E-state index is 0.454. The van der Waals surface area contributed by atoms with Gasteiger partial charge in [-0.05, 0) is 17.8 Å². The molecule has 3 nitrogen and oxygen atoms in total. The molecule has 1 aromatic heterocycles. The van der Waals surface area contributed by atoms with Crippen LogP contribution in [0.25, 0.3) is 10.8 Å². The summed E-state index contributed by atoms with van der Waals surface area (Å²) in [4.78, 5) is 0. The Hall–Kier alpha value is -1.35. The van der Waals surface area contributed by atoms with Gasteiger partial charge in [-0.2, -0.15) is 0 Å². The van der Waals surface area contributed by atoms with Gasteiger partial charge >= 0.3 is 0 Å². The molecule has 0 aliphatic carbocycles. The number of nitrogens with zero attached hydrogens (tertiary/aromatic N) is 2. The lowest BCUT2D eigenvalue weighted by Crippen LogP contribution is -2.25. The molecule has 0 radical (unpaired) electrons. The summed E-state index contributed by atoms with van der Waals surface area (Å²) < 4.78 is 0. The first-order valence-corrected chi connectivity index (χ1v) is 7.53. The summed E-state index contributed by atoms with van der Waals surface area (Å²) in [5.41, 5.74) is 0. The van der Waals surface area contributed by atoms with Crippen molar-refractivity contribution in [3.63, 3.8) is 0 Å². The minimum absolute atomic E-state index is 0.454. The number of aromatic nitrogens is 2. The second-order valence-corrected chi connectivity index (χ2v) is 6.28. The topological polar surface area (TPSA) is 37.8 Å². The molecular formula is C16H22ClN3. The predicted molar refractivity (Wildman–Crippen MR) is 86.2 cm³/mol. The Kier molecular flexibility index (Phi) is 4.81. The van der Waals surface area contributed by atoms with Gasteiger partial charge in [-0.25, -0.2) is 0 Å². The van der Waals surface area contributed by atoms with Gasteiger partial charge in [-0.3, -0.25) is 0 Å². The van der Waals surface area contributed by atoms with Crippen molar-refractivity contribution in [3.8, 4) is 0 Å². The third-order valence-electron chi connectivity index (χ3n) is 3.86. The van der Waals surface area contributed by atoms with Crippen LogP contribution >= 0.6 is 11.6 Å². The number of hydrogen-bond donors (Lipinski definition) is 1. The molecule has 0 saturated heterocycles. The first kappa shape index (κ1) is 15.0. The highest BCUT2D eigenvalue weighted by atomic mass is 35.5. The third kappa shape index (κ3) is 3.21. The van der Waals surface area contributed by atoms with Crippen LogP contribution in [0.3, 0.4) is 0 Å². The van der Waals surface area contributed by atoms with E-state index in [1.165, 1.54) is 0 Å². The fraction of sp³-hybridized carbons (Fsp3) is 0.500. The molecule has 108 valence electrons. The van der Waals surface area contributed by atoms with Crippen molar-refractivity contribution < 1.29 is 0 Å². The standard InChI is InChI=1S/C16H22ClN3/c1-10(2)14(11(3)4)9-18-16-13-8-6-5-7-12(13)15(17)19-20-16/h5-8,10-11,14H,9H2,1-4H3,(H,18,20). The van der Waals surface area contributed by atoms with Crippen molar-refractivity contribution in [2.45, 2.75) is 27.7 Å². The molecule has 0 unspecified atom stereocenters. The molecule has 0 bridgehead atoms. The molecule has 20 heavy (non-hydrogen) atoms. The molecule has 0 fully saturated rings. The summed E-state index contributed by atoms with van der Waals surface area (Å²) >= 11 is 6.09. The van der Waals surface area contributed by atoms with Crippen LogP contribution in [0.2, 0.25) is 5.15 Å². The van der Waals surface area contributed by atoms with E-state index in [1.807, 2.05) is 24.3 Å². The van der Waals surface area contributed by atoms with Crippen LogP contribution in [0.4, 0.5) is 5.82 Å². The first-order valence-electron chi connectivity index (χ1n) is 7.15. The Bertz CT molecular complexity index is 573. The van der Waals surface area contributed by atoms with Gasteiger partial charge in [0.25, 0.3) is 0 Å². The molecule has 1 aromatic carbocycles. The number of fused-ring (bicyclic) bond motifs is 1. The number of hydrogen-bond acceptors (Lipinski definition) is 3. The molecule has 2 rings (SSSR count). The van der Waals surface area contributed by atoms with Gasteiger partial charge in [0, 0.05) is 17.3 Å². The maximum absolute atomic E-state index is 6.09. The normalized spacial score (nSPS) is 11.8. The Morgan fingerprint density at radius 3 is 2.20 bits per heavy atom. The Balaban J connectivity index is 2.24. The van der Waals surface area contributed by atoms with Crippen molar-refractivity contribution in [3.05, 3.63) is 29.4 Å². The second kappa shape index (κ2) is 6.40. The summed E-state index contributed by atoms with van der Waals surface area (Å²) in [5.74, 6) is 2.69. The van der Waals surface area contributed by atoms with Crippen LogP contribution in [0, 0.1) is 17.8 Å². The van der Waals surface area contributed by atoms with Crippen molar-refractivity contribution in [2.75, 3.05) is 11.9 Å². The zero-order valence-corrected chi connectivity index (χ0v) is 13.3. The van der Waals surface area contributed by atoms with E-state index in [4.69, 9.17) is 11.6 Å². The lowest BCUT2D eigenvalue weighted by molar-refractivity contribution is 0.304. The second-order valence-electron chi connectivity index (χ2n) is 5.92. The molecule has 0 aliphatic rings. The summed E-state index contributed by atoms with van der Waals surface area (Å²) in [6.07, 6.45) is 0. The van der Waals surface area contributed by atoms with Gasteiger partial charge in [0.05, 0.1) is 0 Å². The monoisotopic (exact) mass is 291 g/mol. The average Bonchev–Trinajstić information content (AvgIpc) is 2.41. The van der Waals surface area contributed by atoms with E-state index in [2.05, 4.69) is 43.2 Å². The predicted octanol–water partition coefficient (Wildman–Crippen LogP) is 4.62. The van der Waals surface area contributed by atoms with Gasteiger partial charge in [0.2, 0.25) is 0 Å². The maximum Gasteiger partial charge on any atom is 0.159 e. The third-order valence-corrected chi connectivity index (χ3v) is 4.14. The molecule has 4 heteroatoms. The number of halogens is 1. The van der Waals surface area contributed by atoms with Crippen LogP contribution in [-0.4, -0.2) is 16.7 Å². The summed E-state index contributed by atoms with van der Waals surface area (Å²) in [5, 5.41) is 14.1. The zero-order valence-electron chi connectivity index (χ0n) is 12.5. The van der Waals surface area contributed by atoms with Gasteiger partial charge < -0.3 is 5.32 Å². The van der Waals surface area contributed by atoms with Crippen molar-refractivity contribution in [1.82, 2.24) is 10.2 Å². The van der Waals surface area contributed by atoms with E-state index in [0.717, 1.165) is 23.1 Å². The molecule has 0 spiro atoms. The van der Waals surface area contributed by atoms with Gasteiger partial charge in [0.1, 0.15) is 0 Å². The molecule has 0 amide bonds. The van der Waals surface area contributed by atoms with Gasteiger partial charge in [0.15, 0.2) is 11.0 Å². The van der Waals surface area contributed by atoms with Crippen molar-refractivity contribution >= 4 is 28.2 Å². The summed E-state index contributed by atoms with van der Waals surface area (Å²) in [6, 6.07) is 7.95. The van der Waals surface area contributed by atoms with E-state index in [-0.39, 0.29) is 0 Å². The molecule has 0 saturated carbocycles. The minimum Gasteiger partial charge on any atom is -0.368 e. The smallest absolute Gasteiger partial charge is 0.159 e. The Labute approximate surface area is 125 Å². The SMILES string of the molecule is CC(C)C(CNc1nnc(Cl)c2ccccc12)C(C)C. The number of benzene rings is 1. The zero-order chi connectivity index (χ0) is 14.7. The highest BCUT2D eigenvalue weighted by Crippen LogP contribution is 2.27. The summed E-state index contributed by atoms with van der Waals surface area (Å²) in [7, 11) is 0. The quantitative estimate of drug-likeness (QED) is 0.873. The summed E-state index contributed by atoms with van der Waals surface area (Å²) in [6.45, 7) is 9.95. The Morgan fingerprint density at radius 2 is 1.60 bits per heavy atom. The van der Waals surface area contributed by atoms with Crippen LogP contribution in [0.15, 0.2) is 24.3 Å². The van der Waals surface area contributed by atoms with Crippen molar-refractivity contribution in [1.29, 1.82) is 0 Å². The first-order chi connectivity index (χ1) is 9.50. The fourth-order valence-corrected chi connectivity index (χ4v) is 2.86. The van der Waals surface area contributed by atoms with Gasteiger partial charge in [-0.1, -0.05) is 63.6 Å². The van der Waals surface area contributed by atoms with Gasteiger partial charge in [-0.15, -0.1) is 10.2 Å². The fourth-order valence-electron chi connectivity index (χ4n) is 2.66. The van der Waals surface area contributed by atoms with Crippen LogP contribution in [0.5, 0.6) is 0 Å². The molecule has 0 atom stereocenters. The highest BCUT2D eigenvalue weighted by Gasteiger charge is 2.18. The maximum atomic E-state index is 6.09. The van der Waals surface area contributed by atoms with Crippen LogP contribution < -0.4 is 5.32 Å². The molecule has 1 N–H and O–H groups in total. The number of nitrogens with one attached hydrogen (secondary N) is 1. The lowest BCUT2D eigenvalue weighted by Gasteiger charge is -2.25. The number of anilines is 1.